The van der Waals surface area contributed by atoms with Gasteiger partial charge in [0.15, 0.2) is 0 Å². The van der Waals surface area contributed by atoms with Gasteiger partial charge < -0.3 is 5.32 Å². The molecule has 0 radical (unpaired) electrons. The highest BCUT2D eigenvalue weighted by Crippen LogP contribution is 2.33. The van der Waals surface area contributed by atoms with Crippen LogP contribution in [0.5, 0.6) is 0 Å². The molecule has 98 valence electrons. The predicted molar refractivity (Wildman–Crippen MR) is 83.5 cm³/mol. The van der Waals surface area contributed by atoms with Gasteiger partial charge in [-0.2, -0.15) is 0 Å². The van der Waals surface area contributed by atoms with Gasteiger partial charge in [-0.1, -0.05) is 11.6 Å². The highest BCUT2D eigenvalue weighted by Gasteiger charge is 2.13. The lowest BCUT2D eigenvalue weighted by Crippen LogP contribution is -2.06. The molecule has 3 nitrogen and oxygen atoms in total. The molecule has 0 amide bonds. The predicted octanol–water partition coefficient (Wildman–Crippen LogP) is 4.89. The van der Waals surface area contributed by atoms with Gasteiger partial charge in [0.1, 0.15) is 12.1 Å². The molecule has 3 rings (SSSR count). The van der Waals surface area contributed by atoms with Crippen LogP contribution in [0.25, 0.3) is 10.2 Å². The molecule has 6 heteroatoms. The third-order valence-electron chi connectivity index (χ3n) is 2.90. The summed E-state index contributed by atoms with van der Waals surface area (Å²) in [5.41, 5.74) is 2.22. The maximum atomic E-state index is 5.97. The fourth-order valence-electron chi connectivity index (χ4n) is 1.91. The fraction of sp³-hybridized carbons (Fsp3) is 0.231. The van der Waals surface area contributed by atoms with Gasteiger partial charge in [0, 0.05) is 4.88 Å². The Hall–Kier alpha value is -1.17. The number of nitrogens with one attached hydrogen (secondary N) is 1. The first-order valence-corrected chi connectivity index (χ1v) is 7.93. The zero-order valence-corrected chi connectivity index (χ0v) is 12.9. The van der Waals surface area contributed by atoms with Crippen molar-refractivity contribution in [2.24, 2.45) is 0 Å². The Bertz CT molecular complexity index is 720. The minimum Gasteiger partial charge on any atom is -0.361 e. The van der Waals surface area contributed by atoms with Gasteiger partial charge in [0.25, 0.3) is 0 Å². The zero-order valence-electron chi connectivity index (χ0n) is 10.5. The van der Waals surface area contributed by atoms with Crippen LogP contribution in [0.3, 0.4) is 0 Å². The van der Waals surface area contributed by atoms with Gasteiger partial charge >= 0.3 is 0 Å². The van der Waals surface area contributed by atoms with Gasteiger partial charge in [0.2, 0.25) is 0 Å². The van der Waals surface area contributed by atoms with Crippen molar-refractivity contribution in [3.63, 3.8) is 0 Å². The van der Waals surface area contributed by atoms with E-state index in [2.05, 4.69) is 34.5 Å². The van der Waals surface area contributed by atoms with Gasteiger partial charge in [-0.05, 0) is 36.9 Å². The highest BCUT2D eigenvalue weighted by atomic mass is 35.5. The van der Waals surface area contributed by atoms with Gasteiger partial charge in [-0.15, -0.1) is 22.7 Å². The molecule has 0 aromatic carbocycles. The fourth-order valence-corrected chi connectivity index (χ4v) is 3.93. The normalized spacial score (nSPS) is 12.8. The summed E-state index contributed by atoms with van der Waals surface area (Å²) in [5, 5.41) is 5.55. The van der Waals surface area contributed by atoms with Crippen LogP contribution in [0.4, 0.5) is 5.82 Å². The van der Waals surface area contributed by atoms with Crippen LogP contribution >= 0.6 is 34.3 Å². The molecule has 0 saturated heterocycles. The molecule has 1 atom stereocenters. The second-order valence-electron chi connectivity index (χ2n) is 4.33. The van der Waals surface area contributed by atoms with Crippen molar-refractivity contribution in [1.29, 1.82) is 0 Å². The minimum absolute atomic E-state index is 0.179. The van der Waals surface area contributed by atoms with E-state index in [1.165, 1.54) is 10.4 Å². The summed E-state index contributed by atoms with van der Waals surface area (Å²) in [6.07, 6.45) is 1.61. The van der Waals surface area contributed by atoms with Crippen molar-refractivity contribution in [3.8, 4) is 0 Å². The van der Waals surface area contributed by atoms with Crippen molar-refractivity contribution in [3.05, 3.63) is 38.6 Å². The first-order valence-electron chi connectivity index (χ1n) is 5.85. The Labute approximate surface area is 124 Å². The second-order valence-corrected chi connectivity index (χ2v) is 6.95. The standard InChI is InChI=1S/C13H12ClN3S2/c1-7-5-18-12-11(7)15-6-16-13(12)17-8(2)9-3-4-10(14)19-9/h3-6,8H,1-2H3,(H,15,16,17). The Kier molecular flexibility index (Phi) is 3.43. The van der Waals surface area contributed by atoms with Crippen LogP contribution in [0.15, 0.2) is 23.8 Å². The molecule has 0 aliphatic rings. The van der Waals surface area contributed by atoms with E-state index in [4.69, 9.17) is 11.6 Å². The molecule has 3 aromatic heterocycles. The number of thiophene rings is 2. The van der Waals surface area contributed by atoms with Crippen LogP contribution in [0.1, 0.15) is 23.4 Å². The largest absolute Gasteiger partial charge is 0.361 e. The number of hydrogen-bond donors (Lipinski definition) is 1. The van der Waals surface area contributed by atoms with Crippen LogP contribution in [-0.4, -0.2) is 9.97 Å². The molecule has 0 saturated carbocycles. The number of fused-ring (bicyclic) bond motifs is 1. The molecular formula is C13H12ClN3S2. The van der Waals surface area contributed by atoms with Crippen molar-refractivity contribution in [2.75, 3.05) is 5.32 Å². The van der Waals surface area contributed by atoms with Crippen LogP contribution < -0.4 is 5.32 Å². The lowest BCUT2D eigenvalue weighted by atomic mass is 10.2. The summed E-state index contributed by atoms with van der Waals surface area (Å²) < 4.78 is 1.91. The Morgan fingerprint density at radius 3 is 2.89 bits per heavy atom. The molecule has 1 unspecified atom stereocenters. The van der Waals surface area contributed by atoms with Gasteiger partial charge in [-0.25, -0.2) is 9.97 Å². The summed E-state index contributed by atoms with van der Waals surface area (Å²) >= 11 is 9.23. The van der Waals surface area contributed by atoms with Gasteiger partial charge in [0.05, 0.1) is 20.6 Å². The summed E-state index contributed by atoms with van der Waals surface area (Å²) in [6.45, 7) is 4.18. The van der Waals surface area contributed by atoms with Crippen LogP contribution in [0, 0.1) is 6.92 Å². The van der Waals surface area contributed by atoms with E-state index >= 15 is 0 Å². The average Bonchev–Trinajstić information content (AvgIpc) is 2.98. The second kappa shape index (κ2) is 5.07. The minimum atomic E-state index is 0.179. The molecule has 0 fully saturated rings. The number of aromatic nitrogens is 2. The number of anilines is 1. The van der Waals surface area contributed by atoms with E-state index in [0.717, 1.165) is 20.4 Å². The summed E-state index contributed by atoms with van der Waals surface area (Å²) in [4.78, 5) is 9.88. The number of hydrogen-bond acceptors (Lipinski definition) is 5. The smallest absolute Gasteiger partial charge is 0.147 e. The topological polar surface area (TPSA) is 37.8 Å². The maximum absolute atomic E-state index is 5.97. The molecular weight excluding hydrogens is 298 g/mol. The molecule has 3 aromatic rings. The van der Waals surface area contributed by atoms with Crippen LogP contribution in [-0.2, 0) is 0 Å². The van der Waals surface area contributed by atoms with Crippen molar-refractivity contribution < 1.29 is 0 Å². The SMILES string of the molecule is Cc1csc2c(NC(C)c3ccc(Cl)s3)ncnc12. The first-order chi connectivity index (χ1) is 9.15. The number of rotatable bonds is 3. The monoisotopic (exact) mass is 309 g/mol. The zero-order chi connectivity index (χ0) is 13.4. The third-order valence-corrected chi connectivity index (χ3v) is 5.41. The van der Waals surface area contributed by atoms with E-state index in [1.807, 2.05) is 12.1 Å². The molecule has 19 heavy (non-hydrogen) atoms. The van der Waals surface area contributed by atoms with E-state index < -0.39 is 0 Å². The van der Waals surface area contributed by atoms with Gasteiger partial charge in [-0.3, -0.25) is 0 Å². The summed E-state index contributed by atoms with van der Waals surface area (Å²) in [5.74, 6) is 0.889. The highest BCUT2D eigenvalue weighted by molar-refractivity contribution is 7.18. The number of nitrogens with zero attached hydrogens (tertiary/aromatic N) is 2. The molecule has 3 heterocycles. The van der Waals surface area contributed by atoms with E-state index in [0.29, 0.717) is 0 Å². The third kappa shape index (κ3) is 2.45. The number of halogens is 1. The number of aryl methyl sites for hydroxylation is 1. The van der Waals surface area contributed by atoms with E-state index in [9.17, 15) is 0 Å². The Balaban J connectivity index is 1.93. The average molecular weight is 310 g/mol. The van der Waals surface area contributed by atoms with E-state index in [-0.39, 0.29) is 6.04 Å². The first kappa shape index (κ1) is 12.8. The van der Waals surface area contributed by atoms with Crippen molar-refractivity contribution in [2.45, 2.75) is 19.9 Å². The lowest BCUT2D eigenvalue weighted by molar-refractivity contribution is 0.898. The van der Waals surface area contributed by atoms with Crippen LogP contribution in [0.2, 0.25) is 4.34 Å². The summed E-state index contributed by atoms with van der Waals surface area (Å²) in [6, 6.07) is 4.14. The molecule has 0 spiro atoms. The molecule has 0 aliphatic heterocycles. The van der Waals surface area contributed by atoms with Crippen molar-refractivity contribution >= 4 is 50.3 Å². The summed E-state index contributed by atoms with van der Waals surface area (Å²) in [7, 11) is 0. The molecule has 0 aliphatic carbocycles. The van der Waals surface area contributed by atoms with Crippen molar-refractivity contribution in [1.82, 2.24) is 9.97 Å². The lowest BCUT2D eigenvalue weighted by Gasteiger charge is -2.13. The molecule has 0 bridgehead atoms. The van der Waals surface area contributed by atoms with E-state index in [1.54, 1.807) is 29.0 Å². The quantitative estimate of drug-likeness (QED) is 0.748. The Morgan fingerprint density at radius 2 is 2.16 bits per heavy atom. The maximum Gasteiger partial charge on any atom is 0.147 e. The molecule has 1 N–H and O–H groups in total. The Morgan fingerprint density at radius 1 is 1.32 bits per heavy atom.